The molecule has 0 saturated heterocycles. The Morgan fingerprint density at radius 3 is 2.87 bits per heavy atom. The zero-order valence-electron chi connectivity index (χ0n) is 8.88. The third-order valence-corrected chi connectivity index (χ3v) is 4.04. The molecule has 0 heterocycles. The normalized spacial score (nSPS) is 12.7. The van der Waals surface area contributed by atoms with Crippen LogP contribution >= 0.6 is 27.7 Å². The molecule has 0 bridgehead atoms. The Bertz CT molecular complexity index is 291. The van der Waals surface area contributed by atoms with Crippen molar-refractivity contribution in [3.05, 3.63) is 35.6 Å². The number of hydrogen-bond donors (Lipinski definition) is 0. The third-order valence-electron chi connectivity index (χ3n) is 2.32. The van der Waals surface area contributed by atoms with E-state index in [1.54, 1.807) is 12.1 Å². The summed E-state index contributed by atoms with van der Waals surface area (Å²) in [6.45, 7) is 2.16. The van der Waals surface area contributed by atoms with Crippen LogP contribution in [0.3, 0.4) is 0 Å². The predicted octanol–water partition coefficient (Wildman–Crippen LogP) is 4.45. The molecule has 1 aromatic rings. The second kappa shape index (κ2) is 7.29. The Kier molecular flexibility index (Phi) is 6.34. The fraction of sp³-hybridized carbons (Fsp3) is 0.500. The first-order valence-electron chi connectivity index (χ1n) is 5.17. The van der Waals surface area contributed by atoms with Crippen LogP contribution in [0.4, 0.5) is 4.39 Å². The summed E-state index contributed by atoms with van der Waals surface area (Å²) < 4.78 is 13.0. The smallest absolute Gasteiger partial charge is 0.123 e. The lowest BCUT2D eigenvalue weighted by Crippen LogP contribution is -2.02. The molecule has 0 spiro atoms. The molecule has 0 N–H and O–H groups in total. The molecular weight excluding hydrogens is 275 g/mol. The van der Waals surface area contributed by atoms with E-state index in [1.807, 2.05) is 17.8 Å². The second-order valence-electron chi connectivity index (χ2n) is 3.39. The first-order valence-corrected chi connectivity index (χ1v) is 7.44. The van der Waals surface area contributed by atoms with E-state index >= 15 is 0 Å². The van der Waals surface area contributed by atoms with E-state index < -0.39 is 0 Å². The summed E-state index contributed by atoms with van der Waals surface area (Å²) in [6.07, 6.45) is 1.10. The van der Waals surface area contributed by atoms with Gasteiger partial charge in [-0.25, -0.2) is 4.39 Å². The van der Waals surface area contributed by atoms with E-state index in [-0.39, 0.29) is 5.82 Å². The van der Waals surface area contributed by atoms with Gasteiger partial charge in [-0.2, -0.15) is 11.8 Å². The maximum Gasteiger partial charge on any atom is 0.123 e. The molecule has 0 aliphatic rings. The Morgan fingerprint density at radius 2 is 2.27 bits per heavy atom. The van der Waals surface area contributed by atoms with Crippen molar-refractivity contribution >= 4 is 27.7 Å². The molecular formula is C12H16BrFS. The van der Waals surface area contributed by atoms with Gasteiger partial charge in [0.2, 0.25) is 0 Å². The Morgan fingerprint density at radius 1 is 1.47 bits per heavy atom. The molecule has 0 aromatic heterocycles. The molecule has 84 valence electrons. The van der Waals surface area contributed by atoms with Crippen molar-refractivity contribution in [2.24, 2.45) is 0 Å². The highest BCUT2D eigenvalue weighted by atomic mass is 79.9. The number of hydrogen-bond acceptors (Lipinski definition) is 1. The molecule has 0 radical (unpaired) electrons. The van der Waals surface area contributed by atoms with Crippen molar-refractivity contribution in [2.75, 3.05) is 16.8 Å². The fourth-order valence-electron chi connectivity index (χ4n) is 1.46. The van der Waals surface area contributed by atoms with E-state index in [0.29, 0.717) is 5.92 Å². The van der Waals surface area contributed by atoms with Gasteiger partial charge in [-0.05, 0) is 41.5 Å². The quantitative estimate of drug-likeness (QED) is 0.551. The third kappa shape index (κ3) is 4.56. The summed E-state index contributed by atoms with van der Waals surface area (Å²) in [5.41, 5.74) is 1.10. The molecule has 15 heavy (non-hydrogen) atoms. The van der Waals surface area contributed by atoms with Crippen LogP contribution in [0.1, 0.15) is 24.8 Å². The lowest BCUT2D eigenvalue weighted by atomic mass is 9.99. The van der Waals surface area contributed by atoms with Gasteiger partial charge < -0.3 is 0 Å². The monoisotopic (exact) mass is 290 g/mol. The van der Waals surface area contributed by atoms with Gasteiger partial charge in [0, 0.05) is 5.33 Å². The van der Waals surface area contributed by atoms with Crippen molar-refractivity contribution in [3.63, 3.8) is 0 Å². The number of thioether (sulfide) groups is 1. The van der Waals surface area contributed by atoms with Crippen LogP contribution in [0, 0.1) is 5.82 Å². The number of alkyl halides is 1. The molecule has 0 aliphatic heterocycles. The zero-order chi connectivity index (χ0) is 11.1. The predicted molar refractivity (Wildman–Crippen MR) is 70.6 cm³/mol. The average Bonchev–Trinajstić information content (AvgIpc) is 2.24. The van der Waals surface area contributed by atoms with Crippen LogP contribution in [0.2, 0.25) is 0 Å². The van der Waals surface area contributed by atoms with Crippen LogP contribution in [0.5, 0.6) is 0 Å². The first kappa shape index (κ1) is 13.0. The summed E-state index contributed by atoms with van der Waals surface area (Å²) in [7, 11) is 0. The standard InChI is InChI=1S/C12H16BrFS/c1-2-15-7-6-11(9-13)10-4-3-5-12(14)8-10/h3-5,8,11H,2,6-7,9H2,1H3. The molecule has 3 heteroatoms. The van der Waals surface area contributed by atoms with Crippen LogP contribution in [-0.4, -0.2) is 16.8 Å². The van der Waals surface area contributed by atoms with Gasteiger partial charge in [0.15, 0.2) is 0 Å². The summed E-state index contributed by atoms with van der Waals surface area (Å²) in [6, 6.07) is 6.93. The van der Waals surface area contributed by atoms with Crippen molar-refractivity contribution < 1.29 is 4.39 Å². The largest absolute Gasteiger partial charge is 0.207 e. The van der Waals surface area contributed by atoms with Gasteiger partial charge in [-0.3, -0.25) is 0 Å². The van der Waals surface area contributed by atoms with Crippen molar-refractivity contribution in [1.82, 2.24) is 0 Å². The zero-order valence-corrected chi connectivity index (χ0v) is 11.3. The molecule has 1 rings (SSSR count). The highest BCUT2D eigenvalue weighted by Crippen LogP contribution is 2.24. The average molecular weight is 291 g/mol. The topological polar surface area (TPSA) is 0 Å². The van der Waals surface area contributed by atoms with E-state index in [9.17, 15) is 4.39 Å². The maximum absolute atomic E-state index is 13.0. The molecule has 1 unspecified atom stereocenters. The van der Waals surface area contributed by atoms with Crippen molar-refractivity contribution in [3.8, 4) is 0 Å². The Hall–Kier alpha value is -0.0200. The van der Waals surface area contributed by atoms with Crippen LogP contribution < -0.4 is 0 Å². The molecule has 0 aliphatic carbocycles. The molecule has 0 amide bonds. The van der Waals surface area contributed by atoms with E-state index in [1.165, 1.54) is 6.07 Å². The highest BCUT2D eigenvalue weighted by Gasteiger charge is 2.10. The highest BCUT2D eigenvalue weighted by molar-refractivity contribution is 9.09. The SMILES string of the molecule is CCSCCC(CBr)c1cccc(F)c1. The number of benzene rings is 1. The molecule has 1 atom stereocenters. The number of halogens is 2. The minimum absolute atomic E-state index is 0.137. The van der Waals surface area contributed by atoms with Gasteiger partial charge >= 0.3 is 0 Å². The van der Waals surface area contributed by atoms with E-state index in [4.69, 9.17) is 0 Å². The lowest BCUT2D eigenvalue weighted by molar-refractivity contribution is 0.621. The fourth-order valence-corrected chi connectivity index (χ4v) is 2.90. The van der Waals surface area contributed by atoms with Crippen molar-refractivity contribution in [1.29, 1.82) is 0 Å². The maximum atomic E-state index is 13.0. The summed E-state index contributed by atoms with van der Waals surface area (Å²) in [5.74, 6) is 2.59. The van der Waals surface area contributed by atoms with Gasteiger partial charge in [0.1, 0.15) is 5.82 Å². The molecule has 0 saturated carbocycles. The summed E-state index contributed by atoms with van der Waals surface area (Å²) in [4.78, 5) is 0. The van der Waals surface area contributed by atoms with Gasteiger partial charge in [0.25, 0.3) is 0 Å². The van der Waals surface area contributed by atoms with Crippen LogP contribution in [0.15, 0.2) is 24.3 Å². The van der Waals surface area contributed by atoms with Gasteiger partial charge in [-0.1, -0.05) is 35.0 Å². The summed E-state index contributed by atoms with van der Waals surface area (Å²) >= 11 is 5.43. The number of rotatable bonds is 6. The molecule has 1 aromatic carbocycles. The Labute approximate surface area is 104 Å². The minimum atomic E-state index is -0.137. The minimum Gasteiger partial charge on any atom is -0.207 e. The molecule has 0 nitrogen and oxygen atoms in total. The Balaban J connectivity index is 2.57. The van der Waals surface area contributed by atoms with E-state index in [0.717, 1.165) is 28.8 Å². The van der Waals surface area contributed by atoms with Crippen LogP contribution in [-0.2, 0) is 0 Å². The lowest BCUT2D eigenvalue weighted by Gasteiger charge is -2.13. The summed E-state index contributed by atoms with van der Waals surface area (Å²) in [5, 5.41) is 0.903. The second-order valence-corrected chi connectivity index (χ2v) is 5.43. The van der Waals surface area contributed by atoms with Gasteiger partial charge in [0.05, 0.1) is 0 Å². The molecule has 0 fully saturated rings. The van der Waals surface area contributed by atoms with Gasteiger partial charge in [-0.15, -0.1) is 0 Å². The van der Waals surface area contributed by atoms with Crippen LogP contribution in [0.25, 0.3) is 0 Å². The first-order chi connectivity index (χ1) is 7.27. The van der Waals surface area contributed by atoms with E-state index in [2.05, 4.69) is 22.9 Å². The van der Waals surface area contributed by atoms with Crippen molar-refractivity contribution in [2.45, 2.75) is 19.3 Å².